The molecule has 0 bridgehead atoms. The van der Waals surface area contributed by atoms with Crippen LogP contribution in [0.5, 0.6) is 0 Å². The van der Waals surface area contributed by atoms with E-state index in [1.165, 1.54) is 0 Å². The number of carbonyl (C=O) groups is 2. The van der Waals surface area contributed by atoms with E-state index in [9.17, 15) is 9.59 Å². The van der Waals surface area contributed by atoms with Crippen molar-refractivity contribution in [2.75, 3.05) is 20.1 Å². The third-order valence-electron chi connectivity index (χ3n) is 4.30. The second-order valence-electron chi connectivity index (χ2n) is 5.75. The zero-order valence-corrected chi connectivity index (χ0v) is 13.0. The fraction of sp³-hybridized carbons (Fsp3) is 0.786. The van der Waals surface area contributed by atoms with Gasteiger partial charge in [-0.2, -0.15) is 0 Å². The summed E-state index contributed by atoms with van der Waals surface area (Å²) in [6, 6.07) is 0.0657. The van der Waals surface area contributed by atoms with E-state index in [-0.39, 0.29) is 11.9 Å². The van der Waals surface area contributed by atoms with Crippen LogP contribution in [0.1, 0.15) is 39.0 Å². The summed E-state index contributed by atoms with van der Waals surface area (Å²) in [4.78, 5) is 27.4. The van der Waals surface area contributed by atoms with Crippen LogP contribution < -0.4 is 0 Å². The van der Waals surface area contributed by atoms with Gasteiger partial charge in [-0.15, -0.1) is 0 Å². The molecule has 1 aliphatic heterocycles. The molecule has 4 nitrogen and oxygen atoms in total. The molecule has 1 aliphatic carbocycles. The molecule has 0 aromatic carbocycles. The molecule has 1 saturated carbocycles. The first kappa shape index (κ1) is 14.7. The number of amides is 2. The van der Waals surface area contributed by atoms with Gasteiger partial charge in [0.2, 0.25) is 0 Å². The molecular formula is C14H22CrN2O2. The minimum absolute atomic E-state index is 0.0657. The van der Waals surface area contributed by atoms with Gasteiger partial charge < -0.3 is 0 Å². The number of carbonyl (C=O) groups excluding carboxylic acids is 2. The van der Waals surface area contributed by atoms with Gasteiger partial charge in [0.25, 0.3) is 0 Å². The van der Waals surface area contributed by atoms with E-state index in [1.807, 2.05) is 11.9 Å². The van der Waals surface area contributed by atoms with E-state index in [0.29, 0.717) is 11.7 Å². The van der Waals surface area contributed by atoms with Crippen molar-refractivity contribution >= 4 is 16.3 Å². The van der Waals surface area contributed by atoms with Crippen LogP contribution in [-0.2, 0) is 20.6 Å². The van der Waals surface area contributed by atoms with Gasteiger partial charge in [-0.3, -0.25) is 0 Å². The van der Waals surface area contributed by atoms with E-state index in [0.717, 1.165) is 49.7 Å². The predicted octanol–water partition coefficient (Wildman–Crippen LogP) is 1.82. The van der Waals surface area contributed by atoms with Gasteiger partial charge in [-0.05, 0) is 0 Å². The number of hydrogen-bond donors (Lipinski definition) is 0. The molecule has 2 rings (SSSR count). The molecule has 2 fully saturated rings. The van der Waals surface area contributed by atoms with Crippen molar-refractivity contribution in [3.63, 3.8) is 0 Å². The molecule has 19 heavy (non-hydrogen) atoms. The first-order valence-corrected chi connectivity index (χ1v) is 7.72. The Bertz CT molecular complexity index is 397. The molecule has 0 unspecified atom stereocenters. The SMILES string of the molecule is C[C@@H](C[C](=[Cr])N1CCN(C)C1=O)[C@H]1CCCCC1=O. The number of rotatable bonds is 4. The number of ketones is 1. The quantitative estimate of drug-likeness (QED) is 0.795. The van der Waals surface area contributed by atoms with Crippen LogP contribution in [0.15, 0.2) is 0 Å². The zero-order valence-electron chi connectivity index (χ0n) is 11.7. The van der Waals surface area contributed by atoms with Crippen LogP contribution in [-0.4, -0.2) is 46.3 Å². The van der Waals surface area contributed by atoms with E-state index in [1.54, 1.807) is 4.90 Å². The van der Waals surface area contributed by atoms with E-state index in [2.05, 4.69) is 22.8 Å². The van der Waals surface area contributed by atoms with Crippen molar-refractivity contribution < 1.29 is 25.4 Å². The average Bonchev–Trinajstić information content (AvgIpc) is 2.70. The molecule has 2 atom stereocenters. The van der Waals surface area contributed by atoms with Gasteiger partial charge in [0, 0.05) is 0 Å². The average molecular weight is 302 g/mol. The van der Waals surface area contributed by atoms with Crippen LogP contribution in [0.3, 0.4) is 0 Å². The van der Waals surface area contributed by atoms with Crippen molar-refractivity contribution in [3.8, 4) is 0 Å². The summed E-state index contributed by atoms with van der Waals surface area (Å²) in [5, 5.41) is 0. The topological polar surface area (TPSA) is 40.6 Å². The summed E-state index contributed by atoms with van der Waals surface area (Å²) < 4.78 is 0.986. The summed E-state index contributed by atoms with van der Waals surface area (Å²) in [7, 11) is 1.82. The zero-order chi connectivity index (χ0) is 14.0. The molecular weight excluding hydrogens is 280 g/mol. The standard InChI is InChI=1S/C14H22N2O2.Cr/c1-11(12-5-3-4-6-13(12)17)7-8-16-10-9-15(2)14(16)18;/h11-12H,3-7,9-10H2,1-2H3;/t11-,12+;/m0./s1. The van der Waals surface area contributed by atoms with Crippen molar-refractivity contribution in [1.29, 1.82) is 0 Å². The van der Waals surface area contributed by atoms with Crippen molar-refractivity contribution in [3.05, 3.63) is 0 Å². The number of urea groups is 1. The second kappa shape index (κ2) is 6.20. The minimum atomic E-state index is 0.0657. The Morgan fingerprint density at radius 3 is 2.68 bits per heavy atom. The maximum absolute atomic E-state index is 11.9. The summed E-state index contributed by atoms with van der Waals surface area (Å²) in [6.45, 7) is 3.67. The van der Waals surface area contributed by atoms with Gasteiger partial charge in [0.05, 0.1) is 0 Å². The number of likely N-dealkylation sites (N-methyl/N-ethyl adjacent to an activating group) is 1. The Balaban J connectivity index is 1.91. The van der Waals surface area contributed by atoms with Gasteiger partial charge in [-0.25, -0.2) is 0 Å². The molecule has 0 aromatic heterocycles. The number of Topliss-reactive ketones (excluding diaryl/α,β-unsaturated/α-hetero) is 1. The molecule has 0 radical (unpaired) electrons. The third kappa shape index (κ3) is 3.27. The molecule has 1 saturated heterocycles. The Hall–Kier alpha value is -0.658. The Kier molecular flexibility index (Phi) is 4.81. The van der Waals surface area contributed by atoms with Gasteiger partial charge in [-0.1, -0.05) is 0 Å². The van der Waals surface area contributed by atoms with Crippen molar-refractivity contribution in [2.24, 2.45) is 11.8 Å². The van der Waals surface area contributed by atoms with E-state index < -0.39 is 0 Å². The fourth-order valence-electron chi connectivity index (χ4n) is 3.02. The Labute approximate surface area is 123 Å². The molecule has 1 heterocycles. The van der Waals surface area contributed by atoms with Gasteiger partial charge in [0.1, 0.15) is 0 Å². The summed E-state index contributed by atoms with van der Waals surface area (Å²) in [5.41, 5.74) is 0. The summed E-state index contributed by atoms with van der Waals surface area (Å²) >= 11 is 3.04. The van der Waals surface area contributed by atoms with Gasteiger partial charge in [0.15, 0.2) is 0 Å². The third-order valence-corrected chi connectivity index (χ3v) is 4.91. The van der Waals surface area contributed by atoms with Crippen LogP contribution >= 0.6 is 0 Å². The van der Waals surface area contributed by atoms with Crippen molar-refractivity contribution in [1.82, 2.24) is 9.80 Å². The number of hydrogen-bond acceptors (Lipinski definition) is 2. The van der Waals surface area contributed by atoms with Crippen molar-refractivity contribution in [2.45, 2.75) is 39.0 Å². The molecule has 106 valence electrons. The van der Waals surface area contributed by atoms with Crippen LogP contribution in [0, 0.1) is 11.8 Å². The maximum atomic E-state index is 11.9. The molecule has 2 amide bonds. The van der Waals surface area contributed by atoms with Crippen LogP contribution in [0.25, 0.3) is 0 Å². The molecule has 0 spiro atoms. The molecule has 2 aliphatic rings. The van der Waals surface area contributed by atoms with E-state index in [4.69, 9.17) is 0 Å². The molecule has 5 heteroatoms. The Morgan fingerprint density at radius 1 is 1.37 bits per heavy atom. The van der Waals surface area contributed by atoms with E-state index >= 15 is 0 Å². The van der Waals surface area contributed by atoms with Gasteiger partial charge >= 0.3 is 123 Å². The molecule has 0 aromatic rings. The Morgan fingerprint density at radius 2 is 2.11 bits per heavy atom. The van der Waals surface area contributed by atoms with Crippen LogP contribution in [0.4, 0.5) is 4.79 Å². The summed E-state index contributed by atoms with van der Waals surface area (Å²) in [6.07, 6.45) is 4.77. The molecule has 0 N–H and O–H groups in total. The predicted molar refractivity (Wildman–Crippen MR) is 70.5 cm³/mol. The summed E-state index contributed by atoms with van der Waals surface area (Å²) in [5.74, 6) is 0.923. The first-order valence-electron chi connectivity index (χ1n) is 7.09. The van der Waals surface area contributed by atoms with Crippen LogP contribution in [0.2, 0.25) is 0 Å². The monoisotopic (exact) mass is 302 g/mol. The first-order chi connectivity index (χ1) is 9.00. The normalized spacial score (nSPS) is 25.9. The number of nitrogens with zero attached hydrogens (tertiary/aromatic N) is 2. The fourth-order valence-corrected chi connectivity index (χ4v) is 3.69. The second-order valence-corrected chi connectivity index (χ2v) is 6.49.